The van der Waals surface area contributed by atoms with Crippen molar-refractivity contribution in [3.05, 3.63) is 12.2 Å². The summed E-state index contributed by atoms with van der Waals surface area (Å²) in [5, 5.41) is 8.70. The number of nitrogens with zero attached hydrogens (tertiary/aromatic N) is 2. The number of carbonyl (C=O) groups excluding carboxylic acids is 1. The Bertz CT molecular complexity index is 328. The van der Waals surface area contributed by atoms with Gasteiger partial charge in [-0.05, 0) is 19.3 Å². The summed E-state index contributed by atoms with van der Waals surface area (Å²) in [4.78, 5) is 25.9. The third-order valence-corrected chi connectivity index (χ3v) is 2.85. The number of carboxylic acids is 1. The maximum atomic E-state index is 12.0. The predicted molar refractivity (Wildman–Crippen MR) is 64.8 cm³/mol. The Morgan fingerprint density at radius 1 is 1.53 bits per heavy atom. The lowest BCUT2D eigenvalue weighted by Gasteiger charge is -2.24. The van der Waals surface area contributed by atoms with Crippen LogP contribution in [-0.2, 0) is 4.79 Å². The number of amides is 2. The SMILES string of the molecule is C=C(C)CN(C)C(=O)N1CCC(CC(=O)O)C1. The van der Waals surface area contributed by atoms with Gasteiger partial charge in [-0.25, -0.2) is 4.79 Å². The molecule has 1 saturated heterocycles. The molecule has 0 radical (unpaired) electrons. The van der Waals surface area contributed by atoms with Crippen molar-refractivity contribution in [1.82, 2.24) is 9.80 Å². The van der Waals surface area contributed by atoms with Crippen molar-refractivity contribution in [2.45, 2.75) is 19.8 Å². The predicted octanol–water partition coefficient (Wildman–Crippen LogP) is 1.41. The molecule has 0 aromatic heterocycles. The molecular weight excluding hydrogens is 220 g/mol. The Kier molecular flexibility index (Phi) is 4.54. The molecule has 1 fully saturated rings. The Morgan fingerprint density at radius 2 is 2.18 bits per heavy atom. The average Bonchev–Trinajstić information content (AvgIpc) is 2.62. The smallest absolute Gasteiger partial charge is 0.320 e. The van der Waals surface area contributed by atoms with E-state index in [-0.39, 0.29) is 18.4 Å². The molecule has 1 heterocycles. The highest BCUT2D eigenvalue weighted by Crippen LogP contribution is 2.20. The van der Waals surface area contributed by atoms with E-state index in [1.807, 2.05) is 6.92 Å². The molecule has 96 valence electrons. The lowest BCUT2D eigenvalue weighted by atomic mass is 10.1. The summed E-state index contributed by atoms with van der Waals surface area (Å²) >= 11 is 0. The van der Waals surface area contributed by atoms with Crippen LogP contribution in [-0.4, -0.2) is 53.6 Å². The topological polar surface area (TPSA) is 60.9 Å². The molecule has 2 amide bonds. The second-order valence-electron chi connectivity index (χ2n) is 4.79. The van der Waals surface area contributed by atoms with E-state index < -0.39 is 5.97 Å². The molecule has 0 aliphatic carbocycles. The molecule has 5 heteroatoms. The Hall–Kier alpha value is -1.52. The van der Waals surface area contributed by atoms with E-state index in [1.54, 1.807) is 16.8 Å². The van der Waals surface area contributed by atoms with Crippen molar-refractivity contribution >= 4 is 12.0 Å². The normalized spacial score (nSPS) is 19.2. The van der Waals surface area contributed by atoms with Gasteiger partial charge in [0, 0.05) is 33.1 Å². The first kappa shape index (κ1) is 13.5. The molecule has 1 atom stereocenters. The molecule has 1 N–H and O–H groups in total. The van der Waals surface area contributed by atoms with Gasteiger partial charge in [0.2, 0.25) is 0 Å². The van der Waals surface area contributed by atoms with E-state index in [0.29, 0.717) is 19.6 Å². The van der Waals surface area contributed by atoms with Gasteiger partial charge in [-0.15, -0.1) is 0 Å². The fourth-order valence-corrected chi connectivity index (χ4v) is 2.13. The van der Waals surface area contributed by atoms with Gasteiger partial charge in [-0.3, -0.25) is 4.79 Å². The van der Waals surface area contributed by atoms with E-state index in [1.165, 1.54) is 0 Å². The molecule has 0 aromatic rings. The number of aliphatic carboxylic acids is 1. The van der Waals surface area contributed by atoms with Crippen LogP contribution in [0.25, 0.3) is 0 Å². The molecule has 0 saturated carbocycles. The number of likely N-dealkylation sites (N-methyl/N-ethyl adjacent to an activating group) is 1. The molecular formula is C12H20N2O3. The molecule has 1 unspecified atom stereocenters. The monoisotopic (exact) mass is 240 g/mol. The second kappa shape index (κ2) is 5.70. The number of carboxylic acid groups (broad SMARTS) is 1. The van der Waals surface area contributed by atoms with Crippen LogP contribution in [0.5, 0.6) is 0 Å². The maximum Gasteiger partial charge on any atom is 0.320 e. The van der Waals surface area contributed by atoms with Crippen molar-refractivity contribution in [3.63, 3.8) is 0 Å². The molecule has 0 spiro atoms. The van der Waals surface area contributed by atoms with Gasteiger partial charge in [0.05, 0.1) is 0 Å². The van der Waals surface area contributed by atoms with E-state index in [0.717, 1.165) is 12.0 Å². The van der Waals surface area contributed by atoms with Crippen LogP contribution in [0.2, 0.25) is 0 Å². The van der Waals surface area contributed by atoms with Gasteiger partial charge in [0.25, 0.3) is 0 Å². The third kappa shape index (κ3) is 4.09. The van der Waals surface area contributed by atoms with Crippen molar-refractivity contribution < 1.29 is 14.7 Å². The lowest BCUT2D eigenvalue weighted by molar-refractivity contribution is -0.138. The Morgan fingerprint density at radius 3 is 2.71 bits per heavy atom. The summed E-state index contributed by atoms with van der Waals surface area (Å²) in [6.07, 6.45) is 0.924. The van der Waals surface area contributed by atoms with Crippen LogP contribution in [0.4, 0.5) is 4.79 Å². The van der Waals surface area contributed by atoms with Crippen molar-refractivity contribution in [3.8, 4) is 0 Å². The van der Waals surface area contributed by atoms with Crippen LogP contribution in [0, 0.1) is 5.92 Å². The quantitative estimate of drug-likeness (QED) is 0.756. The average molecular weight is 240 g/mol. The Balaban J connectivity index is 2.44. The van der Waals surface area contributed by atoms with Gasteiger partial charge in [-0.2, -0.15) is 0 Å². The number of hydrogen-bond donors (Lipinski definition) is 1. The second-order valence-corrected chi connectivity index (χ2v) is 4.79. The van der Waals surface area contributed by atoms with Crippen molar-refractivity contribution in [2.75, 3.05) is 26.7 Å². The van der Waals surface area contributed by atoms with Crippen LogP contribution in [0.15, 0.2) is 12.2 Å². The van der Waals surface area contributed by atoms with Crippen LogP contribution >= 0.6 is 0 Å². The number of urea groups is 1. The summed E-state index contributed by atoms with van der Waals surface area (Å²) in [7, 11) is 1.74. The number of rotatable bonds is 4. The number of carbonyl (C=O) groups is 2. The first-order valence-corrected chi connectivity index (χ1v) is 5.76. The highest BCUT2D eigenvalue weighted by molar-refractivity contribution is 5.75. The number of hydrogen-bond acceptors (Lipinski definition) is 2. The fourth-order valence-electron chi connectivity index (χ4n) is 2.13. The molecule has 0 aromatic carbocycles. The minimum absolute atomic E-state index is 0.0408. The van der Waals surface area contributed by atoms with Crippen LogP contribution < -0.4 is 0 Å². The van der Waals surface area contributed by atoms with Crippen molar-refractivity contribution in [2.24, 2.45) is 5.92 Å². The summed E-state index contributed by atoms with van der Waals surface area (Å²) in [6.45, 7) is 7.38. The van der Waals surface area contributed by atoms with Crippen LogP contribution in [0.1, 0.15) is 19.8 Å². The molecule has 1 aliphatic rings. The van der Waals surface area contributed by atoms with Crippen molar-refractivity contribution in [1.29, 1.82) is 0 Å². The zero-order valence-electron chi connectivity index (χ0n) is 10.5. The molecule has 0 bridgehead atoms. The van der Waals surface area contributed by atoms with Crippen LogP contribution in [0.3, 0.4) is 0 Å². The summed E-state index contributed by atoms with van der Waals surface area (Å²) in [5.74, 6) is -0.700. The minimum atomic E-state index is -0.792. The molecule has 17 heavy (non-hydrogen) atoms. The van der Waals surface area contributed by atoms with Gasteiger partial charge in [0.1, 0.15) is 0 Å². The standard InChI is InChI=1S/C12H20N2O3/c1-9(2)7-13(3)12(17)14-5-4-10(8-14)6-11(15)16/h10H,1,4-8H2,2-3H3,(H,15,16). The van der Waals surface area contributed by atoms with Gasteiger partial charge < -0.3 is 14.9 Å². The van der Waals surface area contributed by atoms with E-state index in [4.69, 9.17) is 5.11 Å². The zero-order valence-corrected chi connectivity index (χ0v) is 10.5. The first-order valence-electron chi connectivity index (χ1n) is 5.76. The highest BCUT2D eigenvalue weighted by atomic mass is 16.4. The molecule has 5 nitrogen and oxygen atoms in total. The lowest BCUT2D eigenvalue weighted by Crippen LogP contribution is -2.40. The largest absolute Gasteiger partial charge is 0.481 e. The van der Waals surface area contributed by atoms with Gasteiger partial charge in [0.15, 0.2) is 0 Å². The maximum absolute atomic E-state index is 12.0. The summed E-state index contributed by atoms with van der Waals surface area (Å²) in [6, 6.07) is -0.0408. The van der Waals surface area contributed by atoms with Gasteiger partial charge >= 0.3 is 12.0 Å². The van der Waals surface area contributed by atoms with E-state index in [9.17, 15) is 9.59 Å². The fraction of sp³-hybridized carbons (Fsp3) is 0.667. The Labute approximate surface area is 102 Å². The van der Waals surface area contributed by atoms with Gasteiger partial charge in [-0.1, -0.05) is 12.2 Å². The molecule has 1 aliphatic heterocycles. The zero-order chi connectivity index (χ0) is 13.0. The minimum Gasteiger partial charge on any atom is -0.481 e. The summed E-state index contributed by atoms with van der Waals surface area (Å²) < 4.78 is 0. The molecule has 1 rings (SSSR count). The third-order valence-electron chi connectivity index (χ3n) is 2.85. The summed E-state index contributed by atoms with van der Waals surface area (Å²) in [5.41, 5.74) is 0.933. The van der Waals surface area contributed by atoms with E-state index in [2.05, 4.69) is 6.58 Å². The highest BCUT2D eigenvalue weighted by Gasteiger charge is 2.29. The number of likely N-dealkylation sites (tertiary alicyclic amines) is 1. The first-order chi connectivity index (χ1) is 7.90. The van der Waals surface area contributed by atoms with E-state index >= 15 is 0 Å².